The van der Waals surface area contributed by atoms with Crippen LogP contribution < -0.4 is 5.56 Å². The maximum atomic E-state index is 11.4. The van der Waals surface area contributed by atoms with Crippen LogP contribution in [0.5, 0.6) is 0 Å². The Morgan fingerprint density at radius 2 is 2.33 bits per heavy atom. The standard InChI is InChI=1S/C9H6BrNO3S/c1-14-9(13)6-2-4-7(15-6)5(10)3-11-8(4)12/h2-3H,1H3,(H,11,12). The third-order valence-corrected chi connectivity index (χ3v) is 3.95. The second-order valence-corrected chi connectivity index (χ2v) is 4.72. The molecule has 0 bridgehead atoms. The first-order chi connectivity index (χ1) is 7.13. The average Bonchev–Trinajstić information content (AvgIpc) is 2.68. The zero-order valence-corrected chi connectivity index (χ0v) is 10.1. The molecule has 0 aromatic carbocycles. The molecule has 4 nitrogen and oxygen atoms in total. The summed E-state index contributed by atoms with van der Waals surface area (Å²) in [5, 5.41) is 0.495. The van der Waals surface area contributed by atoms with Gasteiger partial charge in [0.05, 0.1) is 21.7 Å². The van der Waals surface area contributed by atoms with Gasteiger partial charge in [0.1, 0.15) is 4.88 Å². The number of nitrogens with one attached hydrogen (secondary N) is 1. The summed E-state index contributed by atoms with van der Waals surface area (Å²) in [6.45, 7) is 0. The Balaban J connectivity index is 2.75. The lowest BCUT2D eigenvalue weighted by Crippen LogP contribution is -2.03. The van der Waals surface area contributed by atoms with Crippen LogP contribution in [0.15, 0.2) is 21.5 Å². The quantitative estimate of drug-likeness (QED) is 0.818. The number of H-pyrrole nitrogens is 1. The molecule has 2 aromatic heterocycles. The summed E-state index contributed by atoms with van der Waals surface area (Å²) >= 11 is 4.53. The predicted octanol–water partition coefficient (Wildman–Crippen LogP) is 2.14. The lowest BCUT2D eigenvalue weighted by Gasteiger charge is -1.91. The third-order valence-electron chi connectivity index (χ3n) is 1.91. The van der Waals surface area contributed by atoms with Gasteiger partial charge in [-0.05, 0) is 22.0 Å². The third kappa shape index (κ3) is 1.70. The van der Waals surface area contributed by atoms with Crippen LogP contribution in [-0.4, -0.2) is 18.1 Å². The van der Waals surface area contributed by atoms with Crippen molar-refractivity contribution in [2.24, 2.45) is 0 Å². The maximum Gasteiger partial charge on any atom is 0.348 e. The van der Waals surface area contributed by atoms with Crippen molar-refractivity contribution in [2.45, 2.75) is 0 Å². The fourth-order valence-electron chi connectivity index (χ4n) is 1.21. The van der Waals surface area contributed by atoms with Crippen molar-refractivity contribution in [1.82, 2.24) is 4.98 Å². The number of hydrogen-bond donors (Lipinski definition) is 1. The Labute approximate surface area is 97.0 Å². The molecule has 0 fully saturated rings. The minimum Gasteiger partial charge on any atom is -0.465 e. The molecule has 0 saturated heterocycles. The van der Waals surface area contributed by atoms with Gasteiger partial charge in [-0.1, -0.05) is 0 Å². The molecule has 0 spiro atoms. The largest absolute Gasteiger partial charge is 0.465 e. The van der Waals surface area contributed by atoms with Crippen molar-refractivity contribution in [1.29, 1.82) is 0 Å². The van der Waals surface area contributed by atoms with Gasteiger partial charge in [-0.3, -0.25) is 4.79 Å². The molecule has 0 aliphatic carbocycles. The minimum absolute atomic E-state index is 0.209. The van der Waals surface area contributed by atoms with Gasteiger partial charge in [-0.15, -0.1) is 11.3 Å². The van der Waals surface area contributed by atoms with E-state index in [-0.39, 0.29) is 5.56 Å². The highest BCUT2D eigenvalue weighted by atomic mass is 79.9. The number of pyridine rings is 1. The van der Waals surface area contributed by atoms with Crippen molar-refractivity contribution in [3.05, 3.63) is 32.0 Å². The van der Waals surface area contributed by atoms with Gasteiger partial charge in [0.25, 0.3) is 5.56 Å². The summed E-state index contributed by atoms with van der Waals surface area (Å²) in [5.74, 6) is -0.428. The topological polar surface area (TPSA) is 59.2 Å². The highest BCUT2D eigenvalue weighted by Crippen LogP contribution is 2.29. The second-order valence-electron chi connectivity index (χ2n) is 2.81. The molecule has 1 N–H and O–H groups in total. The summed E-state index contributed by atoms with van der Waals surface area (Å²) in [6.07, 6.45) is 1.56. The number of aromatic nitrogens is 1. The van der Waals surface area contributed by atoms with Gasteiger partial charge < -0.3 is 9.72 Å². The molecule has 2 rings (SSSR count). The van der Waals surface area contributed by atoms with Crippen molar-refractivity contribution in [2.75, 3.05) is 7.11 Å². The molecule has 0 saturated carbocycles. The molecule has 78 valence electrons. The molecular weight excluding hydrogens is 282 g/mol. The van der Waals surface area contributed by atoms with E-state index < -0.39 is 5.97 Å². The number of hydrogen-bond acceptors (Lipinski definition) is 4. The van der Waals surface area contributed by atoms with E-state index in [9.17, 15) is 9.59 Å². The van der Waals surface area contributed by atoms with Crippen LogP contribution >= 0.6 is 27.3 Å². The lowest BCUT2D eigenvalue weighted by molar-refractivity contribution is 0.0606. The van der Waals surface area contributed by atoms with E-state index in [1.165, 1.54) is 24.5 Å². The summed E-state index contributed by atoms with van der Waals surface area (Å²) in [7, 11) is 1.31. The maximum absolute atomic E-state index is 11.4. The number of carbonyl (C=O) groups excluding carboxylic acids is 1. The molecule has 6 heteroatoms. The van der Waals surface area contributed by atoms with Gasteiger partial charge in [-0.25, -0.2) is 4.79 Å². The highest BCUT2D eigenvalue weighted by molar-refractivity contribution is 9.10. The number of fused-ring (bicyclic) bond motifs is 1. The Kier molecular flexibility index (Phi) is 2.62. The molecule has 0 unspecified atom stereocenters. The Hall–Kier alpha value is -1.14. The number of thiophene rings is 1. The van der Waals surface area contributed by atoms with E-state index >= 15 is 0 Å². The summed E-state index contributed by atoms with van der Waals surface area (Å²) in [4.78, 5) is 25.7. The van der Waals surface area contributed by atoms with Crippen molar-refractivity contribution < 1.29 is 9.53 Å². The highest BCUT2D eigenvalue weighted by Gasteiger charge is 2.13. The smallest absolute Gasteiger partial charge is 0.348 e. The number of ether oxygens (including phenoxy) is 1. The van der Waals surface area contributed by atoms with E-state index in [1.807, 2.05) is 0 Å². The van der Waals surface area contributed by atoms with Gasteiger partial charge in [0.15, 0.2) is 0 Å². The van der Waals surface area contributed by atoms with Crippen LogP contribution in [0.25, 0.3) is 10.1 Å². The second kappa shape index (κ2) is 3.79. The number of halogens is 1. The number of aromatic amines is 1. The van der Waals surface area contributed by atoms with E-state index in [0.29, 0.717) is 10.3 Å². The molecule has 2 aromatic rings. The zero-order chi connectivity index (χ0) is 11.0. The van der Waals surface area contributed by atoms with Crippen LogP contribution in [0, 0.1) is 0 Å². The number of esters is 1. The van der Waals surface area contributed by atoms with E-state index in [1.54, 1.807) is 6.20 Å². The Morgan fingerprint density at radius 1 is 1.60 bits per heavy atom. The normalized spacial score (nSPS) is 10.5. The zero-order valence-electron chi connectivity index (χ0n) is 7.67. The average molecular weight is 288 g/mol. The molecule has 0 aliphatic rings. The van der Waals surface area contributed by atoms with Crippen LogP contribution in [0.3, 0.4) is 0 Å². The van der Waals surface area contributed by atoms with Crippen molar-refractivity contribution >= 4 is 43.3 Å². The molecule has 0 amide bonds. The molecule has 0 aliphatic heterocycles. The van der Waals surface area contributed by atoms with Crippen LogP contribution in [0.2, 0.25) is 0 Å². The molecule has 0 radical (unpaired) electrons. The fourth-order valence-corrected chi connectivity index (χ4v) is 2.76. The molecule has 15 heavy (non-hydrogen) atoms. The van der Waals surface area contributed by atoms with E-state index in [4.69, 9.17) is 0 Å². The molecule has 2 heterocycles. The van der Waals surface area contributed by atoms with Crippen LogP contribution in [0.4, 0.5) is 0 Å². The summed E-state index contributed by atoms with van der Waals surface area (Å²) in [5.41, 5.74) is -0.209. The number of carbonyl (C=O) groups is 1. The SMILES string of the molecule is COC(=O)c1cc2c(=O)[nH]cc(Br)c2s1. The first kappa shape index (κ1) is 10.4. The van der Waals surface area contributed by atoms with Crippen LogP contribution in [-0.2, 0) is 4.74 Å². The van der Waals surface area contributed by atoms with Gasteiger partial charge in [-0.2, -0.15) is 0 Å². The van der Waals surface area contributed by atoms with Gasteiger partial charge >= 0.3 is 5.97 Å². The Morgan fingerprint density at radius 3 is 2.93 bits per heavy atom. The first-order valence-electron chi connectivity index (χ1n) is 4.02. The minimum atomic E-state index is -0.428. The Bertz CT molecular complexity index is 587. The fraction of sp³-hybridized carbons (Fsp3) is 0.111. The predicted molar refractivity (Wildman–Crippen MR) is 61.5 cm³/mol. The van der Waals surface area contributed by atoms with E-state index in [0.717, 1.165) is 9.17 Å². The van der Waals surface area contributed by atoms with E-state index in [2.05, 4.69) is 25.7 Å². The molecule has 0 atom stereocenters. The summed E-state index contributed by atoms with van der Waals surface area (Å²) in [6, 6.07) is 1.54. The monoisotopic (exact) mass is 287 g/mol. The van der Waals surface area contributed by atoms with Crippen molar-refractivity contribution in [3.8, 4) is 0 Å². The number of methoxy groups -OCH3 is 1. The van der Waals surface area contributed by atoms with Crippen molar-refractivity contribution in [3.63, 3.8) is 0 Å². The van der Waals surface area contributed by atoms with Crippen LogP contribution in [0.1, 0.15) is 9.67 Å². The lowest BCUT2D eigenvalue weighted by atomic mass is 10.3. The van der Waals surface area contributed by atoms with Gasteiger partial charge in [0, 0.05) is 6.20 Å². The molecular formula is C9H6BrNO3S. The summed E-state index contributed by atoms with van der Waals surface area (Å²) < 4.78 is 6.10. The first-order valence-corrected chi connectivity index (χ1v) is 5.63. The van der Waals surface area contributed by atoms with Gasteiger partial charge in [0.2, 0.25) is 0 Å². The number of rotatable bonds is 1.